The van der Waals surface area contributed by atoms with E-state index in [0.29, 0.717) is 21.4 Å². The standard InChI is InChI=1S/C18H16Cl2N4O/c1-10-4-6-14(8-11(10)2)24-12(3)17(22-23-24)18(25)21-16-7-5-13(19)9-15(16)20/h4-9H,1-3H3,(H,21,25). The van der Waals surface area contributed by atoms with Gasteiger partial charge in [-0.15, -0.1) is 5.10 Å². The lowest BCUT2D eigenvalue weighted by molar-refractivity contribution is 0.102. The van der Waals surface area contributed by atoms with Crippen LogP contribution in [0.1, 0.15) is 27.3 Å². The van der Waals surface area contributed by atoms with Crippen molar-refractivity contribution in [2.45, 2.75) is 20.8 Å². The Hall–Kier alpha value is -2.37. The number of aromatic nitrogens is 3. The second-order valence-corrected chi connectivity index (χ2v) is 6.63. The third-order valence-corrected chi connectivity index (χ3v) is 4.57. The van der Waals surface area contributed by atoms with Crippen LogP contribution in [0.15, 0.2) is 36.4 Å². The molecule has 3 aromatic rings. The highest BCUT2D eigenvalue weighted by molar-refractivity contribution is 6.36. The molecule has 1 aromatic heterocycles. The smallest absolute Gasteiger partial charge is 0.278 e. The minimum absolute atomic E-state index is 0.240. The van der Waals surface area contributed by atoms with Gasteiger partial charge in [0.1, 0.15) is 0 Å². The SMILES string of the molecule is Cc1ccc(-n2nnc(C(=O)Nc3ccc(Cl)cc3Cl)c2C)cc1C. The van der Waals surface area contributed by atoms with E-state index < -0.39 is 0 Å². The summed E-state index contributed by atoms with van der Waals surface area (Å²) in [7, 11) is 0. The molecule has 1 amide bonds. The molecule has 2 aromatic carbocycles. The average molecular weight is 375 g/mol. The van der Waals surface area contributed by atoms with Crippen LogP contribution in [0.5, 0.6) is 0 Å². The maximum absolute atomic E-state index is 12.5. The predicted octanol–water partition coefficient (Wildman–Crippen LogP) is 4.75. The summed E-state index contributed by atoms with van der Waals surface area (Å²) < 4.78 is 1.64. The Balaban J connectivity index is 1.89. The molecule has 0 aliphatic rings. The van der Waals surface area contributed by atoms with Crippen LogP contribution < -0.4 is 5.32 Å². The molecule has 1 heterocycles. The molecule has 128 valence electrons. The normalized spacial score (nSPS) is 10.8. The van der Waals surface area contributed by atoms with Gasteiger partial charge < -0.3 is 5.32 Å². The number of nitrogens with one attached hydrogen (secondary N) is 1. The van der Waals surface area contributed by atoms with Gasteiger partial charge in [0.25, 0.3) is 5.91 Å². The first kappa shape index (κ1) is 17.5. The number of nitrogens with zero attached hydrogens (tertiary/aromatic N) is 3. The first-order valence-electron chi connectivity index (χ1n) is 7.63. The number of aryl methyl sites for hydroxylation is 2. The van der Waals surface area contributed by atoms with E-state index in [0.717, 1.165) is 11.3 Å². The van der Waals surface area contributed by atoms with Crippen molar-refractivity contribution in [3.05, 3.63) is 69.0 Å². The van der Waals surface area contributed by atoms with Gasteiger partial charge in [0, 0.05) is 5.02 Å². The lowest BCUT2D eigenvalue weighted by atomic mass is 10.1. The third-order valence-electron chi connectivity index (χ3n) is 4.02. The second-order valence-electron chi connectivity index (χ2n) is 5.78. The number of rotatable bonds is 3. The molecule has 0 saturated heterocycles. The van der Waals surface area contributed by atoms with Crippen LogP contribution in [0.2, 0.25) is 10.0 Å². The lowest BCUT2D eigenvalue weighted by Crippen LogP contribution is -2.14. The number of carbonyl (C=O) groups excluding carboxylic acids is 1. The molecule has 5 nitrogen and oxygen atoms in total. The Morgan fingerprint density at radius 3 is 2.48 bits per heavy atom. The Kier molecular flexibility index (Phi) is 4.79. The van der Waals surface area contributed by atoms with E-state index in [1.165, 1.54) is 5.56 Å². The van der Waals surface area contributed by atoms with Crippen LogP contribution in [0.25, 0.3) is 5.69 Å². The summed E-state index contributed by atoms with van der Waals surface area (Å²) in [5, 5.41) is 11.7. The second kappa shape index (κ2) is 6.86. The maximum atomic E-state index is 12.5. The third kappa shape index (κ3) is 3.52. The molecule has 0 spiro atoms. The van der Waals surface area contributed by atoms with Gasteiger partial charge in [0.2, 0.25) is 0 Å². The molecule has 0 fully saturated rings. The number of amides is 1. The molecular formula is C18H16Cl2N4O. The van der Waals surface area contributed by atoms with Crippen LogP contribution >= 0.6 is 23.2 Å². The molecule has 0 radical (unpaired) electrons. The van der Waals surface area contributed by atoms with Crippen LogP contribution in [0, 0.1) is 20.8 Å². The number of hydrogen-bond donors (Lipinski definition) is 1. The van der Waals surface area contributed by atoms with Crippen molar-refractivity contribution < 1.29 is 4.79 Å². The van der Waals surface area contributed by atoms with E-state index >= 15 is 0 Å². The lowest BCUT2D eigenvalue weighted by Gasteiger charge is -2.08. The fraction of sp³-hybridized carbons (Fsp3) is 0.167. The van der Waals surface area contributed by atoms with Crippen molar-refractivity contribution in [2.75, 3.05) is 5.32 Å². The Labute approximate surface area is 155 Å². The first-order valence-corrected chi connectivity index (χ1v) is 8.38. The highest BCUT2D eigenvalue weighted by atomic mass is 35.5. The van der Waals surface area contributed by atoms with Crippen molar-refractivity contribution in [2.24, 2.45) is 0 Å². The Morgan fingerprint density at radius 1 is 1.04 bits per heavy atom. The average Bonchev–Trinajstić information content (AvgIpc) is 2.94. The van der Waals surface area contributed by atoms with Gasteiger partial charge >= 0.3 is 0 Å². The zero-order valence-corrected chi connectivity index (χ0v) is 15.5. The van der Waals surface area contributed by atoms with Gasteiger partial charge in [-0.25, -0.2) is 4.68 Å². The van der Waals surface area contributed by atoms with Crippen molar-refractivity contribution in [1.82, 2.24) is 15.0 Å². The summed E-state index contributed by atoms with van der Waals surface area (Å²) in [6, 6.07) is 10.8. The molecule has 3 rings (SSSR count). The van der Waals surface area contributed by atoms with E-state index in [9.17, 15) is 4.79 Å². The molecule has 0 bridgehead atoms. The largest absolute Gasteiger partial charge is 0.319 e. The molecule has 0 atom stereocenters. The fourth-order valence-electron chi connectivity index (χ4n) is 2.41. The molecule has 0 aliphatic heterocycles. The van der Waals surface area contributed by atoms with Crippen molar-refractivity contribution in [3.63, 3.8) is 0 Å². The van der Waals surface area contributed by atoms with Gasteiger partial charge in [-0.3, -0.25) is 4.79 Å². The molecular weight excluding hydrogens is 359 g/mol. The molecule has 0 aliphatic carbocycles. The highest BCUT2D eigenvalue weighted by Gasteiger charge is 2.18. The fourth-order valence-corrected chi connectivity index (χ4v) is 2.87. The molecule has 7 heteroatoms. The van der Waals surface area contributed by atoms with Crippen LogP contribution in [0.3, 0.4) is 0 Å². The van der Waals surface area contributed by atoms with E-state index in [1.807, 2.05) is 32.0 Å². The molecule has 25 heavy (non-hydrogen) atoms. The number of anilines is 1. The molecule has 0 unspecified atom stereocenters. The summed E-state index contributed by atoms with van der Waals surface area (Å²) in [6.45, 7) is 5.87. The van der Waals surface area contributed by atoms with E-state index in [2.05, 4.69) is 15.6 Å². The Bertz CT molecular complexity index is 966. The Morgan fingerprint density at radius 2 is 1.80 bits per heavy atom. The van der Waals surface area contributed by atoms with Gasteiger partial charge in [0.05, 0.1) is 22.1 Å². The summed E-state index contributed by atoms with van der Waals surface area (Å²) in [5.41, 5.74) is 4.55. The van der Waals surface area contributed by atoms with E-state index in [-0.39, 0.29) is 11.6 Å². The van der Waals surface area contributed by atoms with Gasteiger partial charge in [-0.1, -0.05) is 34.5 Å². The number of benzene rings is 2. The minimum Gasteiger partial charge on any atom is -0.319 e. The highest BCUT2D eigenvalue weighted by Crippen LogP contribution is 2.26. The summed E-state index contributed by atoms with van der Waals surface area (Å²) in [5.74, 6) is -0.378. The monoisotopic (exact) mass is 374 g/mol. The van der Waals surface area contributed by atoms with Crippen molar-refractivity contribution >= 4 is 34.8 Å². The maximum Gasteiger partial charge on any atom is 0.278 e. The zero-order chi connectivity index (χ0) is 18.1. The van der Waals surface area contributed by atoms with Crippen LogP contribution in [0.4, 0.5) is 5.69 Å². The molecule has 1 N–H and O–H groups in total. The summed E-state index contributed by atoms with van der Waals surface area (Å²) in [6.07, 6.45) is 0. The number of carbonyl (C=O) groups is 1. The minimum atomic E-state index is -0.378. The van der Waals surface area contributed by atoms with Crippen LogP contribution in [-0.2, 0) is 0 Å². The van der Waals surface area contributed by atoms with Crippen LogP contribution in [-0.4, -0.2) is 20.9 Å². The van der Waals surface area contributed by atoms with Gasteiger partial charge in [-0.2, -0.15) is 0 Å². The number of halogens is 2. The summed E-state index contributed by atoms with van der Waals surface area (Å²) >= 11 is 12.0. The molecule has 0 saturated carbocycles. The van der Waals surface area contributed by atoms with E-state index in [1.54, 1.807) is 29.8 Å². The topological polar surface area (TPSA) is 59.8 Å². The summed E-state index contributed by atoms with van der Waals surface area (Å²) in [4.78, 5) is 12.5. The van der Waals surface area contributed by atoms with Crippen molar-refractivity contribution in [3.8, 4) is 5.69 Å². The zero-order valence-electron chi connectivity index (χ0n) is 14.0. The van der Waals surface area contributed by atoms with Gasteiger partial charge in [-0.05, 0) is 62.2 Å². The van der Waals surface area contributed by atoms with Gasteiger partial charge in [0.15, 0.2) is 5.69 Å². The van der Waals surface area contributed by atoms with Crippen molar-refractivity contribution in [1.29, 1.82) is 0 Å². The quantitative estimate of drug-likeness (QED) is 0.719. The number of hydrogen-bond acceptors (Lipinski definition) is 3. The first-order chi connectivity index (χ1) is 11.9. The predicted molar refractivity (Wildman–Crippen MR) is 100.0 cm³/mol. The van der Waals surface area contributed by atoms with E-state index in [4.69, 9.17) is 23.2 Å².